The topological polar surface area (TPSA) is 29.9 Å². The Bertz CT molecular complexity index is 615. The zero-order valence-electron chi connectivity index (χ0n) is 10.5. The number of rotatable bonds is 5. The Balaban J connectivity index is 1.73. The van der Waals surface area contributed by atoms with E-state index >= 15 is 0 Å². The molecule has 0 aliphatic carbocycles. The normalized spacial score (nSPS) is 10.5. The molecule has 1 N–H and O–H groups in total. The van der Waals surface area contributed by atoms with Crippen LogP contribution in [0, 0.1) is 0 Å². The van der Waals surface area contributed by atoms with Crippen LogP contribution in [0.2, 0.25) is 0 Å². The molecule has 0 unspecified atom stereocenters. The number of hydrogen-bond donors (Lipinski definition) is 1. The molecule has 19 heavy (non-hydrogen) atoms. The average molecular weight is 269 g/mol. The van der Waals surface area contributed by atoms with Gasteiger partial charge < -0.3 is 5.32 Å². The van der Waals surface area contributed by atoms with Gasteiger partial charge in [-0.1, -0.05) is 24.3 Å². The van der Waals surface area contributed by atoms with E-state index < -0.39 is 0 Å². The molecule has 0 atom stereocenters. The molecular weight excluding hydrogens is 254 g/mol. The number of anilines is 1. The summed E-state index contributed by atoms with van der Waals surface area (Å²) in [5.41, 5.74) is 2.43. The molecule has 0 aliphatic rings. The lowest BCUT2D eigenvalue weighted by Gasteiger charge is -2.11. The van der Waals surface area contributed by atoms with Crippen LogP contribution < -0.4 is 5.32 Å². The van der Waals surface area contributed by atoms with Gasteiger partial charge in [-0.2, -0.15) is 5.10 Å². The molecule has 3 rings (SSSR count). The van der Waals surface area contributed by atoms with E-state index in [-0.39, 0.29) is 0 Å². The van der Waals surface area contributed by atoms with Crippen molar-refractivity contribution in [3.63, 3.8) is 0 Å². The Morgan fingerprint density at radius 3 is 2.84 bits per heavy atom. The summed E-state index contributed by atoms with van der Waals surface area (Å²) in [6.07, 6.45) is 3.79. The quantitative estimate of drug-likeness (QED) is 0.767. The van der Waals surface area contributed by atoms with Crippen molar-refractivity contribution < 1.29 is 0 Å². The van der Waals surface area contributed by atoms with Gasteiger partial charge in [0.2, 0.25) is 0 Å². The van der Waals surface area contributed by atoms with Crippen LogP contribution in [-0.2, 0) is 13.1 Å². The van der Waals surface area contributed by atoms with Gasteiger partial charge in [0.05, 0.1) is 6.54 Å². The molecule has 0 radical (unpaired) electrons. The summed E-state index contributed by atoms with van der Waals surface area (Å²) in [7, 11) is 0. The third-order valence-electron chi connectivity index (χ3n) is 2.94. The van der Waals surface area contributed by atoms with Crippen LogP contribution in [0.3, 0.4) is 0 Å². The Hall–Kier alpha value is -2.07. The molecular formula is C15H15N3S. The van der Waals surface area contributed by atoms with Gasteiger partial charge in [-0.3, -0.25) is 4.68 Å². The molecule has 2 aromatic heterocycles. The lowest BCUT2D eigenvalue weighted by atomic mass is 10.1. The molecule has 0 saturated heterocycles. The highest BCUT2D eigenvalue weighted by Crippen LogP contribution is 2.18. The van der Waals surface area contributed by atoms with Crippen LogP contribution in [0.4, 0.5) is 5.69 Å². The fourth-order valence-corrected chi connectivity index (χ4v) is 2.64. The predicted octanol–water partition coefficient (Wildman–Crippen LogP) is 3.61. The smallest absolute Gasteiger partial charge is 0.0679 e. The van der Waals surface area contributed by atoms with Crippen LogP contribution in [0.25, 0.3) is 0 Å². The van der Waals surface area contributed by atoms with Crippen molar-refractivity contribution >= 4 is 17.0 Å². The van der Waals surface area contributed by atoms with Gasteiger partial charge in [0.25, 0.3) is 0 Å². The maximum Gasteiger partial charge on any atom is 0.0679 e. The first-order valence-electron chi connectivity index (χ1n) is 6.23. The number of hydrogen-bond acceptors (Lipinski definition) is 3. The molecule has 1 aromatic carbocycles. The van der Waals surface area contributed by atoms with Gasteiger partial charge in [0.15, 0.2) is 0 Å². The summed E-state index contributed by atoms with van der Waals surface area (Å²) in [6, 6.07) is 14.6. The van der Waals surface area contributed by atoms with Gasteiger partial charge in [0, 0.05) is 29.5 Å². The van der Waals surface area contributed by atoms with E-state index in [2.05, 4.69) is 52.2 Å². The van der Waals surface area contributed by atoms with Crippen LogP contribution in [0.1, 0.15) is 10.4 Å². The molecule has 3 nitrogen and oxygen atoms in total. The molecule has 4 heteroatoms. The summed E-state index contributed by atoms with van der Waals surface area (Å²) < 4.78 is 1.94. The monoisotopic (exact) mass is 269 g/mol. The standard InChI is InChI=1S/C15H15N3S/c1-2-7-15(16-11-14-6-3-10-19-14)13(5-1)12-18-9-4-8-17-18/h1-10,16H,11-12H2. The number of benzene rings is 1. The Kier molecular flexibility index (Phi) is 3.61. The minimum absolute atomic E-state index is 0.792. The van der Waals surface area contributed by atoms with E-state index in [0.717, 1.165) is 13.1 Å². The lowest BCUT2D eigenvalue weighted by molar-refractivity contribution is 0.687. The molecule has 0 amide bonds. The third-order valence-corrected chi connectivity index (χ3v) is 3.82. The van der Waals surface area contributed by atoms with Crippen molar-refractivity contribution in [3.8, 4) is 0 Å². The summed E-state index contributed by atoms with van der Waals surface area (Å²) >= 11 is 1.77. The minimum atomic E-state index is 0.792. The third kappa shape index (κ3) is 3.03. The highest BCUT2D eigenvalue weighted by Gasteiger charge is 2.03. The first-order valence-corrected chi connectivity index (χ1v) is 7.11. The van der Waals surface area contributed by atoms with E-state index in [4.69, 9.17) is 0 Å². The van der Waals surface area contributed by atoms with Gasteiger partial charge >= 0.3 is 0 Å². The molecule has 0 saturated carbocycles. The van der Waals surface area contributed by atoms with Crippen LogP contribution >= 0.6 is 11.3 Å². The van der Waals surface area contributed by atoms with E-state index in [0.29, 0.717) is 0 Å². The van der Waals surface area contributed by atoms with Gasteiger partial charge in [0.1, 0.15) is 0 Å². The van der Waals surface area contributed by atoms with Crippen molar-refractivity contribution in [2.75, 3.05) is 5.32 Å². The SMILES string of the molecule is c1csc(CNc2ccccc2Cn2cccn2)c1. The van der Waals surface area contributed by atoms with E-state index in [1.807, 2.05) is 23.1 Å². The van der Waals surface area contributed by atoms with Gasteiger partial charge in [-0.05, 0) is 29.1 Å². The van der Waals surface area contributed by atoms with E-state index in [1.165, 1.54) is 16.1 Å². The predicted molar refractivity (Wildman–Crippen MR) is 79.4 cm³/mol. The highest BCUT2D eigenvalue weighted by atomic mass is 32.1. The number of thiophene rings is 1. The fourth-order valence-electron chi connectivity index (χ4n) is 1.99. The summed E-state index contributed by atoms with van der Waals surface area (Å²) in [6.45, 7) is 1.66. The first-order chi connectivity index (χ1) is 9.42. The second-order valence-corrected chi connectivity index (χ2v) is 5.33. The molecule has 96 valence electrons. The Labute approximate surface area is 116 Å². The van der Waals surface area contributed by atoms with Crippen molar-refractivity contribution in [2.24, 2.45) is 0 Å². The average Bonchev–Trinajstić information content (AvgIpc) is 3.10. The lowest BCUT2D eigenvalue weighted by Crippen LogP contribution is -2.05. The van der Waals surface area contributed by atoms with Crippen molar-refractivity contribution in [1.29, 1.82) is 0 Å². The van der Waals surface area contributed by atoms with E-state index in [9.17, 15) is 0 Å². The largest absolute Gasteiger partial charge is 0.380 e. The van der Waals surface area contributed by atoms with Crippen LogP contribution in [-0.4, -0.2) is 9.78 Å². The second kappa shape index (κ2) is 5.71. The van der Waals surface area contributed by atoms with Crippen LogP contribution in [0.15, 0.2) is 60.2 Å². The zero-order valence-corrected chi connectivity index (χ0v) is 11.3. The molecule has 0 fully saturated rings. The number of nitrogens with one attached hydrogen (secondary N) is 1. The van der Waals surface area contributed by atoms with Gasteiger partial charge in [-0.25, -0.2) is 0 Å². The zero-order chi connectivity index (χ0) is 12.9. The minimum Gasteiger partial charge on any atom is -0.380 e. The molecule has 0 aliphatic heterocycles. The first kappa shape index (κ1) is 12.0. The molecule has 3 aromatic rings. The highest BCUT2D eigenvalue weighted by molar-refractivity contribution is 7.09. The number of para-hydroxylation sites is 1. The van der Waals surface area contributed by atoms with E-state index in [1.54, 1.807) is 11.3 Å². The summed E-state index contributed by atoms with van der Waals surface area (Å²) in [5, 5.41) is 9.85. The fraction of sp³-hybridized carbons (Fsp3) is 0.133. The molecule has 0 bridgehead atoms. The maximum absolute atomic E-state index is 4.25. The number of aromatic nitrogens is 2. The summed E-state index contributed by atoms with van der Waals surface area (Å²) in [5.74, 6) is 0. The van der Waals surface area contributed by atoms with Crippen molar-refractivity contribution in [1.82, 2.24) is 9.78 Å². The second-order valence-electron chi connectivity index (χ2n) is 4.29. The van der Waals surface area contributed by atoms with Crippen LogP contribution in [0.5, 0.6) is 0 Å². The number of nitrogens with zero attached hydrogens (tertiary/aromatic N) is 2. The maximum atomic E-state index is 4.25. The Morgan fingerprint density at radius 1 is 1.11 bits per heavy atom. The Morgan fingerprint density at radius 2 is 2.05 bits per heavy atom. The summed E-state index contributed by atoms with van der Waals surface area (Å²) in [4.78, 5) is 1.34. The molecule has 2 heterocycles. The van der Waals surface area contributed by atoms with Crippen molar-refractivity contribution in [2.45, 2.75) is 13.1 Å². The van der Waals surface area contributed by atoms with Crippen molar-refractivity contribution in [3.05, 3.63) is 70.7 Å². The van der Waals surface area contributed by atoms with Gasteiger partial charge in [-0.15, -0.1) is 11.3 Å². The molecule has 0 spiro atoms.